The molecule has 3 rings (SSSR count). The van der Waals surface area contributed by atoms with Crippen molar-refractivity contribution < 1.29 is 4.79 Å². The Kier molecular flexibility index (Phi) is 3.83. The van der Waals surface area contributed by atoms with Gasteiger partial charge in [-0.25, -0.2) is 9.97 Å². The van der Waals surface area contributed by atoms with Gasteiger partial charge in [0.05, 0.1) is 5.56 Å². The largest absolute Gasteiger partial charge is 0.326 e. The van der Waals surface area contributed by atoms with Crippen LogP contribution in [0.4, 0.5) is 5.69 Å². The maximum Gasteiger partial charge on any atom is 0.258 e. The summed E-state index contributed by atoms with van der Waals surface area (Å²) in [5.41, 5.74) is 9.95. The average molecular weight is 309 g/mol. The van der Waals surface area contributed by atoms with E-state index in [1.165, 1.54) is 0 Å². The molecule has 0 aliphatic heterocycles. The number of aryl methyl sites for hydroxylation is 3. The third kappa shape index (κ3) is 2.80. The minimum absolute atomic E-state index is 0.201. The molecule has 3 aromatic rings. The zero-order chi connectivity index (χ0) is 16.6. The van der Waals surface area contributed by atoms with Gasteiger partial charge in [0.1, 0.15) is 11.3 Å². The molecule has 0 radical (unpaired) electrons. The molecule has 2 heterocycles. The first kappa shape index (κ1) is 15.2. The highest BCUT2D eigenvalue weighted by Gasteiger charge is 2.17. The van der Waals surface area contributed by atoms with E-state index in [0.717, 1.165) is 17.1 Å². The number of aromatic nitrogens is 3. The minimum Gasteiger partial charge on any atom is -0.326 e. The van der Waals surface area contributed by atoms with E-state index < -0.39 is 0 Å². The summed E-state index contributed by atoms with van der Waals surface area (Å²) in [6.07, 6.45) is 0. The van der Waals surface area contributed by atoms with Gasteiger partial charge in [0, 0.05) is 25.0 Å². The van der Waals surface area contributed by atoms with Gasteiger partial charge < -0.3 is 15.6 Å². The Morgan fingerprint density at radius 2 is 2.04 bits per heavy atom. The van der Waals surface area contributed by atoms with E-state index in [-0.39, 0.29) is 5.91 Å². The van der Waals surface area contributed by atoms with Crippen LogP contribution >= 0.6 is 0 Å². The molecule has 2 aromatic heterocycles. The lowest BCUT2D eigenvalue weighted by Crippen LogP contribution is -2.13. The molecule has 0 unspecified atom stereocenters. The normalized spacial score (nSPS) is 11.0. The molecule has 0 saturated carbocycles. The van der Waals surface area contributed by atoms with E-state index in [9.17, 15) is 4.79 Å². The molecule has 6 heteroatoms. The highest BCUT2D eigenvalue weighted by Crippen LogP contribution is 2.20. The molecular weight excluding hydrogens is 290 g/mol. The minimum atomic E-state index is -0.201. The van der Waals surface area contributed by atoms with Gasteiger partial charge in [-0.3, -0.25) is 4.79 Å². The van der Waals surface area contributed by atoms with Gasteiger partial charge in [-0.2, -0.15) is 0 Å². The Balaban J connectivity index is 2.02. The van der Waals surface area contributed by atoms with E-state index in [1.54, 1.807) is 6.07 Å². The number of pyridine rings is 1. The number of fused-ring (bicyclic) bond motifs is 1. The number of benzene rings is 1. The first-order chi connectivity index (χ1) is 11.0. The standard InChI is InChI=1S/C17H19N5O/c1-10-7-14(15-16(19-10)22(3)11(2)20-15)17(23)21-13-6-4-5-12(8-13)9-18/h4-8H,9,18H2,1-3H3,(H,21,23). The Bertz CT molecular complexity index is 897. The molecule has 0 atom stereocenters. The fraction of sp³-hybridized carbons (Fsp3) is 0.235. The third-order valence-corrected chi connectivity index (χ3v) is 3.84. The molecular formula is C17H19N5O. The van der Waals surface area contributed by atoms with E-state index in [4.69, 9.17) is 5.73 Å². The number of nitrogens with two attached hydrogens (primary N) is 1. The van der Waals surface area contributed by atoms with E-state index in [2.05, 4.69) is 15.3 Å². The van der Waals surface area contributed by atoms with Crippen LogP contribution in [-0.4, -0.2) is 20.4 Å². The van der Waals surface area contributed by atoms with Crippen LogP contribution in [0.25, 0.3) is 11.2 Å². The Morgan fingerprint density at radius 1 is 1.26 bits per heavy atom. The number of hydrogen-bond acceptors (Lipinski definition) is 4. The number of amides is 1. The molecule has 0 fully saturated rings. The lowest BCUT2D eigenvalue weighted by Gasteiger charge is -2.08. The van der Waals surface area contributed by atoms with Crippen LogP contribution in [0.15, 0.2) is 30.3 Å². The predicted molar refractivity (Wildman–Crippen MR) is 90.3 cm³/mol. The quantitative estimate of drug-likeness (QED) is 0.777. The van der Waals surface area contributed by atoms with E-state index >= 15 is 0 Å². The number of hydrogen-bond donors (Lipinski definition) is 2. The number of rotatable bonds is 3. The molecule has 0 aliphatic carbocycles. The number of anilines is 1. The summed E-state index contributed by atoms with van der Waals surface area (Å²) in [6.45, 7) is 4.19. The van der Waals surface area contributed by atoms with Crippen LogP contribution in [0, 0.1) is 13.8 Å². The maximum absolute atomic E-state index is 12.7. The Labute approximate surface area is 134 Å². The van der Waals surface area contributed by atoms with Crippen molar-refractivity contribution in [2.24, 2.45) is 12.8 Å². The number of nitrogens with zero attached hydrogens (tertiary/aromatic N) is 3. The highest BCUT2D eigenvalue weighted by molar-refractivity contribution is 6.11. The maximum atomic E-state index is 12.7. The van der Waals surface area contributed by atoms with Crippen LogP contribution in [0.3, 0.4) is 0 Å². The fourth-order valence-corrected chi connectivity index (χ4v) is 2.53. The smallest absolute Gasteiger partial charge is 0.258 e. The Hall–Kier alpha value is -2.73. The SMILES string of the molecule is Cc1cc(C(=O)Nc2cccc(CN)c2)c2nc(C)n(C)c2n1. The molecule has 0 spiro atoms. The van der Waals surface area contributed by atoms with Gasteiger partial charge >= 0.3 is 0 Å². The van der Waals surface area contributed by atoms with Crippen molar-refractivity contribution in [3.63, 3.8) is 0 Å². The third-order valence-electron chi connectivity index (χ3n) is 3.84. The number of carbonyl (C=O) groups excluding carboxylic acids is 1. The van der Waals surface area contributed by atoms with Crippen molar-refractivity contribution in [1.82, 2.24) is 14.5 Å². The van der Waals surface area contributed by atoms with Crippen molar-refractivity contribution in [3.05, 3.63) is 53.0 Å². The summed E-state index contributed by atoms with van der Waals surface area (Å²) in [5.74, 6) is 0.616. The lowest BCUT2D eigenvalue weighted by molar-refractivity contribution is 0.102. The van der Waals surface area contributed by atoms with Crippen molar-refractivity contribution >= 4 is 22.8 Å². The molecule has 0 aliphatic rings. The molecule has 1 aromatic carbocycles. The summed E-state index contributed by atoms with van der Waals surface area (Å²) < 4.78 is 1.88. The van der Waals surface area contributed by atoms with Crippen LogP contribution in [-0.2, 0) is 13.6 Å². The average Bonchev–Trinajstić information content (AvgIpc) is 2.82. The summed E-state index contributed by atoms with van der Waals surface area (Å²) >= 11 is 0. The highest BCUT2D eigenvalue weighted by atomic mass is 16.1. The van der Waals surface area contributed by atoms with Crippen LogP contribution in [0.5, 0.6) is 0 Å². The van der Waals surface area contributed by atoms with Crippen LogP contribution in [0.2, 0.25) is 0 Å². The second kappa shape index (κ2) is 5.81. The van der Waals surface area contributed by atoms with Gasteiger partial charge in [0.15, 0.2) is 5.65 Å². The lowest BCUT2D eigenvalue weighted by atomic mass is 10.1. The molecule has 1 amide bonds. The van der Waals surface area contributed by atoms with Crippen LogP contribution in [0.1, 0.15) is 27.4 Å². The summed E-state index contributed by atoms with van der Waals surface area (Å²) in [7, 11) is 1.89. The summed E-state index contributed by atoms with van der Waals surface area (Å²) in [4.78, 5) is 21.6. The predicted octanol–water partition coefficient (Wildman–Crippen LogP) is 2.30. The molecule has 0 saturated heterocycles. The van der Waals surface area contributed by atoms with E-state index in [0.29, 0.717) is 29.0 Å². The monoisotopic (exact) mass is 309 g/mol. The Morgan fingerprint density at radius 3 is 2.78 bits per heavy atom. The first-order valence-electron chi connectivity index (χ1n) is 7.40. The van der Waals surface area contributed by atoms with Crippen molar-refractivity contribution in [3.8, 4) is 0 Å². The van der Waals surface area contributed by atoms with Crippen LogP contribution < -0.4 is 11.1 Å². The number of nitrogens with one attached hydrogen (secondary N) is 1. The van der Waals surface area contributed by atoms with Crippen molar-refractivity contribution in [1.29, 1.82) is 0 Å². The van der Waals surface area contributed by atoms with Gasteiger partial charge in [0.25, 0.3) is 5.91 Å². The molecule has 118 valence electrons. The van der Waals surface area contributed by atoms with Gasteiger partial charge in [0.2, 0.25) is 0 Å². The molecule has 0 bridgehead atoms. The second-order valence-corrected chi connectivity index (χ2v) is 5.56. The molecule has 6 nitrogen and oxygen atoms in total. The van der Waals surface area contributed by atoms with E-state index in [1.807, 2.05) is 49.7 Å². The van der Waals surface area contributed by atoms with Crippen molar-refractivity contribution in [2.75, 3.05) is 5.32 Å². The zero-order valence-electron chi connectivity index (χ0n) is 13.4. The fourth-order valence-electron chi connectivity index (χ4n) is 2.53. The topological polar surface area (TPSA) is 85.8 Å². The zero-order valence-corrected chi connectivity index (χ0v) is 13.4. The van der Waals surface area contributed by atoms with Gasteiger partial charge in [-0.05, 0) is 37.6 Å². The number of carbonyl (C=O) groups is 1. The second-order valence-electron chi connectivity index (χ2n) is 5.56. The summed E-state index contributed by atoms with van der Waals surface area (Å²) in [6, 6.07) is 9.26. The molecule has 3 N–H and O–H groups in total. The summed E-state index contributed by atoms with van der Waals surface area (Å²) in [5, 5.41) is 2.91. The van der Waals surface area contributed by atoms with Crippen molar-refractivity contribution in [2.45, 2.75) is 20.4 Å². The first-order valence-corrected chi connectivity index (χ1v) is 7.40. The molecule has 23 heavy (non-hydrogen) atoms. The van der Waals surface area contributed by atoms with Gasteiger partial charge in [-0.1, -0.05) is 12.1 Å². The number of imidazole rings is 1. The van der Waals surface area contributed by atoms with Gasteiger partial charge in [-0.15, -0.1) is 0 Å².